The summed E-state index contributed by atoms with van der Waals surface area (Å²) in [7, 11) is 0. The van der Waals surface area contributed by atoms with E-state index in [2.05, 4.69) is 20.6 Å². The van der Waals surface area contributed by atoms with Gasteiger partial charge in [-0.25, -0.2) is 4.98 Å². The fraction of sp³-hybridized carbons (Fsp3) is 0.714. The summed E-state index contributed by atoms with van der Waals surface area (Å²) >= 11 is 0. The minimum Gasteiger partial charge on any atom is -0.367 e. The Hall–Kier alpha value is -1.53. The summed E-state index contributed by atoms with van der Waals surface area (Å²) in [6, 6.07) is 1.08. The molecule has 1 atom stereocenters. The summed E-state index contributed by atoms with van der Waals surface area (Å²) in [5.41, 5.74) is -0.919. The van der Waals surface area contributed by atoms with Crippen LogP contribution in [0.2, 0.25) is 0 Å². The normalized spacial score (nSPS) is 16.6. The Morgan fingerprint density at radius 3 is 2.62 bits per heavy atom. The van der Waals surface area contributed by atoms with Crippen LogP contribution in [-0.4, -0.2) is 22.6 Å². The molecule has 1 aromatic rings. The van der Waals surface area contributed by atoms with E-state index in [1.54, 1.807) is 0 Å². The van der Waals surface area contributed by atoms with Crippen molar-refractivity contribution in [2.24, 2.45) is 5.92 Å². The number of anilines is 2. The standard InChI is InChI=1S/C14H21F3N4/c1-3-6-18-13-20-11(14(15,16)17)8-12(21-13)19-9(2)7-10-4-5-10/h8-10H,3-7H2,1-2H3,(H2,18,19,20,21). The van der Waals surface area contributed by atoms with Crippen LogP contribution >= 0.6 is 0 Å². The summed E-state index contributed by atoms with van der Waals surface area (Å²) in [6.07, 6.45) is -0.287. The average Bonchev–Trinajstić information content (AvgIpc) is 3.18. The fourth-order valence-electron chi connectivity index (χ4n) is 2.15. The minimum atomic E-state index is -4.47. The largest absolute Gasteiger partial charge is 0.433 e. The molecule has 1 aliphatic carbocycles. The minimum absolute atomic E-state index is 0.0211. The second-order valence-corrected chi connectivity index (χ2v) is 5.61. The molecule has 0 amide bonds. The molecule has 21 heavy (non-hydrogen) atoms. The first-order valence-electron chi connectivity index (χ1n) is 7.35. The predicted octanol–water partition coefficient (Wildman–Crippen LogP) is 3.92. The Morgan fingerprint density at radius 2 is 2.05 bits per heavy atom. The van der Waals surface area contributed by atoms with Crippen LogP contribution in [0.15, 0.2) is 6.07 Å². The molecule has 118 valence electrons. The van der Waals surface area contributed by atoms with Gasteiger partial charge in [0.15, 0.2) is 5.69 Å². The SMILES string of the molecule is CCCNc1nc(NC(C)CC2CC2)cc(C(F)(F)F)n1. The molecule has 0 bridgehead atoms. The third-order valence-electron chi connectivity index (χ3n) is 3.33. The number of aromatic nitrogens is 2. The Bertz CT molecular complexity index is 472. The highest BCUT2D eigenvalue weighted by Gasteiger charge is 2.34. The molecule has 1 unspecified atom stereocenters. The molecule has 1 fully saturated rings. The lowest BCUT2D eigenvalue weighted by Crippen LogP contribution is -2.19. The zero-order chi connectivity index (χ0) is 15.5. The highest BCUT2D eigenvalue weighted by molar-refractivity contribution is 5.43. The van der Waals surface area contributed by atoms with Crippen LogP contribution in [0.3, 0.4) is 0 Å². The lowest BCUT2D eigenvalue weighted by atomic mass is 10.1. The second kappa shape index (κ2) is 6.49. The summed E-state index contributed by atoms with van der Waals surface area (Å²) in [5.74, 6) is 0.950. The van der Waals surface area contributed by atoms with Gasteiger partial charge in [0.05, 0.1) is 0 Å². The number of nitrogens with one attached hydrogen (secondary N) is 2. The molecule has 7 heteroatoms. The van der Waals surface area contributed by atoms with E-state index >= 15 is 0 Å². The molecule has 0 spiro atoms. The van der Waals surface area contributed by atoms with Crippen LogP contribution in [0.5, 0.6) is 0 Å². The zero-order valence-electron chi connectivity index (χ0n) is 12.3. The van der Waals surface area contributed by atoms with Crippen LogP contribution < -0.4 is 10.6 Å². The maximum Gasteiger partial charge on any atom is 0.433 e. The number of hydrogen-bond donors (Lipinski definition) is 2. The Balaban J connectivity index is 2.13. The van der Waals surface area contributed by atoms with Crippen molar-refractivity contribution >= 4 is 11.8 Å². The molecule has 1 heterocycles. The lowest BCUT2D eigenvalue weighted by Gasteiger charge is -2.16. The van der Waals surface area contributed by atoms with Gasteiger partial charge >= 0.3 is 6.18 Å². The molecule has 0 aliphatic heterocycles. The quantitative estimate of drug-likeness (QED) is 0.801. The van der Waals surface area contributed by atoms with Crippen molar-refractivity contribution in [1.82, 2.24) is 9.97 Å². The van der Waals surface area contributed by atoms with Crippen molar-refractivity contribution in [2.75, 3.05) is 17.2 Å². The second-order valence-electron chi connectivity index (χ2n) is 5.61. The topological polar surface area (TPSA) is 49.8 Å². The van der Waals surface area contributed by atoms with Gasteiger partial charge in [-0.3, -0.25) is 0 Å². The Morgan fingerprint density at radius 1 is 1.33 bits per heavy atom. The molecule has 0 aromatic carbocycles. The summed E-state index contributed by atoms with van der Waals surface area (Å²) in [6.45, 7) is 4.43. The van der Waals surface area contributed by atoms with Crippen molar-refractivity contribution < 1.29 is 13.2 Å². The van der Waals surface area contributed by atoms with Gasteiger partial charge in [-0.05, 0) is 25.7 Å². The first kappa shape index (κ1) is 15.9. The molecule has 0 saturated heterocycles. The Labute approximate surface area is 122 Å². The smallest absolute Gasteiger partial charge is 0.367 e. The first-order valence-corrected chi connectivity index (χ1v) is 7.35. The van der Waals surface area contributed by atoms with Crippen molar-refractivity contribution in [1.29, 1.82) is 0 Å². The molecular formula is C14H21F3N4. The van der Waals surface area contributed by atoms with Gasteiger partial charge in [-0.1, -0.05) is 19.8 Å². The molecule has 1 aliphatic rings. The number of rotatable bonds is 7. The van der Waals surface area contributed by atoms with Gasteiger partial charge in [-0.15, -0.1) is 0 Å². The van der Waals surface area contributed by atoms with Crippen LogP contribution in [0.1, 0.15) is 45.2 Å². The lowest BCUT2D eigenvalue weighted by molar-refractivity contribution is -0.141. The van der Waals surface area contributed by atoms with E-state index < -0.39 is 11.9 Å². The maximum atomic E-state index is 12.9. The number of hydrogen-bond acceptors (Lipinski definition) is 4. The van der Waals surface area contributed by atoms with E-state index in [1.807, 2.05) is 13.8 Å². The van der Waals surface area contributed by atoms with Crippen molar-refractivity contribution in [2.45, 2.75) is 51.7 Å². The van der Waals surface area contributed by atoms with Crippen LogP contribution in [0.25, 0.3) is 0 Å². The maximum absolute atomic E-state index is 12.9. The van der Waals surface area contributed by atoms with Gasteiger partial charge in [0.1, 0.15) is 5.82 Å². The summed E-state index contributed by atoms with van der Waals surface area (Å²) in [4.78, 5) is 7.65. The van der Waals surface area contributed by atoms with E-state index in [0.717, 1.165) is 18.9 Å². The van der Waals surface area contributed by atoms with Gasteiger partial charge in [-0.2, -0.15) is 18.2 Å². The van der Waals surface area contributed by atoms with Crippen molar-refractivity contribution in [3.63, 3.8) is 0 Å². The highest BCUT2D eigenvalue weighted by Crippen LogP contribution is 2.34. The van der Waals surface area contributed by atoms with Crippen molar-refractivity contribution in [3.05, 3.63) is 11.8 Å². The van der Waals surface area contributed by atoms with E-state index in [1.165, 1.54) is 12.8 Å². The predicted molar refractivity (Wildman–Crippen MR) is 76.2 cm³/mol. The van der Waals surface area contributed by atoms with Crippen LogP contribution in [0.4, 0.5) is 24.9 Å². The van der Waals surface area contributed by atoms with Gasteiger partial charge in [0.25, 0.3) is 0 Å². The molecule has 2 rings (SSSR count). The molecule has 4 nitrogen and oxygen atoms in total. The van der Waals surface area contributed by atoms with Crippen molar-refractivity contribution in [3.8, 4) is 0 Å². The highest BCUT2D eigenvalue weighted by atomic mass is 19.4. The molecule has 0 radical (unpaired) electrons. The van der Waals surface area contributed by atoms with E-state index in [9.17, 15) is 13.2 Å². The number of nitrogens with zero attached hydrogens (tertiary/aromatic N) is 2. The number of alkyl halides is 3. The molecule has 2 N–H and O–H groups in total. The van der Waals surface area contributed by atoms with Crippen LogP contribution in [0, 0.1) is 5.92 Å². The average molecular weight is 302 g/mol. The van der Waals surface area contributed by atoms with E-state index in [-0.39, 0.29) is 17.8 Å². The third kappa shape index (κ3) is 5.06. The molecular weight excluding hydrogens is 281 g/mol. The van der Waals surface area contributed by atoms with Gasteiger partial charge in [0.2, 0.25) is 5.95 Å². The molecule has 1 aromatic heterocycles. The van der Waals surface area contributed by atoms with E-state index in [0.29, 0.717) is 12.5 Å². The summed E-state index contributed by atoms with van der Waals surface area (Å²) in [5, 5.41) is 5.86. The zero-order valence-corrected chi connectivity index (χ0v) is 12.3. The van der Waals surface area contributed by atoms with Crippen LogP contribution in [-0.2, 0) is 6.18 Å². The summed E-state index contributed by atoms with van der Waals surface area (Å²) < 4.78 is 38.6. The monoisotopic (exact) mass is 302 g/mol. The Kier molecular flexibility index (Phi) is 4.90. The number of halogens is 3. The third-order valence-corrected chi connectivity index (χ3v) is 3.33. The first-order chi connectivity index (χ1) is 9.88. The molecule has 1 saturated carbocycles. The van der Waals surface area contributed by atoms with Gasteiger partial charge < -0.3 is 10.6 Å². The van der Waals surface area contributed by atoms with Gasteiger partial charge in [0, 0.05) is 18.7 Å². The van der Waals surface area contributed by atoms with E-state index in [4.69, 9.17) is 0 Å². The fourth-order valence-corrected chi connectivity index (χ4v) is 2.15.